The Morgan fingerprint density at radius 3 is 2.33 bits per heavy atom. The first-order chi connectivity index (χ1) is 11.5. The molecule has 1 atom stereocenters. The number of nitrogens with two attached hydrogens (primary N) is 1. The molecule has 0 spiro atoms. The van der Waals surface area contributed by atoms with E-state index in [1.165, 1.54) is 34.3 Å². The number of benzene rings is 2. The fraction of sp³-hybridized carbons (Fsp3) is 0.333. The summed E-state index contributed by atoms with van der Waals surface area (Å²) in [6.07, 6.45) is 1.75. The number of rotatable bonds is 5. The Labute approximate surface area is 143 Å². The van der Waals surface area contributed by atoms with E-state index in [1.807, 2.05) is 12.1 Å². The van der Waals surface area contributed by atoms with E-state index in [9.17, 15) is 4.39 Å². The van der Waals surface area contributed by atoms with Gasteiger partial charge in [0, 0.05) is 40.7 Å². The molecule has 2 aromatic carbocycles. The molecule has 0 amide bonds. The van der Waals surface area contributed by atoms with Gasteiger partial charge >= 0.3 is 0 Å². The van der Waals surface area contributed by atoms with E-state index in [0.717, 1.165) is 18.4 Å². The van der Waals surface area contributed by atoms with Gasteiger partial charge in [-0.2, -0.15) is 0 Å². The zero-order valence-electron chi connectivity index (χ0n) is 14.6. The van der Waals surface area contributed by atoms with Gasteiger partial charge in [0.1, 0.15) is 5.82 Å². The molecule has 0 aliphatic rings. The number of fused-ring (bicyclic) bond motifs is 1. The first-order valence-corrected chi connectivity index (χ1v) is 8.66. The predicted molar refractivity (Wildman–Crippen MR) is 99.7 cm³/mol. The summed E-state index contributed by atoms with van der Waals surface area (Å²) in [7, 11) is 0. The zero-order valence-corrected chi connectivity index (χ0v) is 14.6. The number of hydrogen-bond acceptors (Lipinski definition) is 1. The number of para-hydroxylation sites is 1. The average molecular weight is 324 g/mol. The molecular weight excluding hydrogens is 299 g/mol. The van der Waals surface area contributed by atoms with E-state index < -0.39 is 0 Å². The lowest BCUT2D eigenvalue weighted by Crippen LogP contribution is -2.23. The highest BCUT2D eigenvalue weighted by atomic mass is 19.1. The molecule has 1 unspecified atom stereocenters. The van der Waals surface area contributed by atoms with Crippen LogP contribution in [-0.4, -0.2) is 10.6 Å². The van der Waals surface area contributed by atoms with Crippen LogP contribution < -0.4 is 5.73 Å². The Morgan fingerprint density at radius 1 is 1.04 bits per heavy atom. The van der Waals surface area contributed by atoms with Crippen LogP contribution in [-0.2, 0) is 6.42 Å². The van der Waals surface area contributed by atoms with Crippen LogP contribution in [0.3, 0.4) is 0 Å². The number of nitrogens with zero attached hydrogens (tertiary/aromatic N) is 1. The fourth-order valence-corrected chi connectivity index (χ4v) is 3.44. The molecule has 3 aromatic rings. The van der Waals surface area contributed by atoms with Crippen molar-refractivity contribution < 1.29 is 4.39 Å². The van der Waals surface area contributed by atoms with Crippen molar-refractivity contribution in [2.75, 3.05) is 0 Å². The Morgan fingerprint density at radius 2 is 1.71 bits per heavy atom. The van der Waals surface area contributed by atoms with Gasteiger partial charge in [0.25, 0.3) is 0 Å². The molecule has 2 N–H and O–H groups in total. The van der Waals surface area contributed by atoms with Crippen LogP contribution in [0.25, 0.3) is 22.0 Å². The molecule has 0 bridgehead atoms. The van der Waals surface area contributed by atoms with Gasteiger partial charge in [0.2, 0.25) is 0 Å². The molecule has 0 aliphatic heterocycles. The van der Waals surface area contributed by atoms with Gasteiger partial charge in [-0.25, -0.2) is 4.39 Å². The van der Waals surface area contributed by atoms with Crippen molar-refractivity contribution in [1.82, 2.24) is 4.57 Å². The lowest BCUT2D eigenvalue weighted by atomic mass is 9.98. The summed E-state index contributed by atoms with van der Waals surface area (Å²) < 4.78 is 15.8. The topological polar surface area (TPSA) is 30.9 Å². The van der Waals surface area contributed by atoms with Crippen molar-refractivity contribution in [3.63, 3.8) is 0 Å². The summed E-state index contributed by atoms with van der Waals surface area (Å²) >= 11 is 0. The molecule has 24 heavy (non-hydrogen) atoms. The molecule has 0 aliphatic carbocycles. The second-order valence-electron chi connectivity index (χ2n) is 6.68. The van der Waals surface area contributed by atoms with Gasteiger partial charge in [-0.15, -0.1) is 0 Å². The zero-order chi connectivity index (χ0) is 17.3. The largest absolute Gasteiger partial charge is 0.341 e. The van der Waals surface area contributed by atoms with Crippen molar-refractivity contribution in [2.24, 2.45) is 5.73 Å². The summed E-state index contributed by atoms with van der Waals surface area (Å²) in [5.41, 5.74) is 11.0. The van der Waals surface area contributed by atoms with Crippen LogP contribution in [0, 0.1) is 5.82 Å². The molecule has 3 heteroatoms. The van der Waals surface area contributed by atoms with E-state index in [-0.39, 0.29) is 11.9 Å². The van der Waals surface area contributed by atoms with Gasteiger partial charge in [-0.3, -0.25) is 0 Å². The van der Waals surface area contributed by atoms with Crippen molar-refractivity contribution in [3.05, 3.63) is 60.0 Å². The smallest absolute Gasteiger partial charge is 0.123 e. The normalized spacial score (nSPS) is 12.9. The second kappa shape index (κ2) is 6.78. The SMILES string of the molecule is CCC(N)Cc1c(-c2ccc(F)cc2)c2ccccc2n1C(C)C. The monoisotopic (exact) mass is 324 g/mol. The lowest BCUT2D eigenvalue weighted by Gasteiger charge is -2.18. The Kier molecular flexibility index (Phi) is 4.72. The molecule has 0 fully saturated rings. The molecule has 1 heterocycles. The number of halogens is 1. The van der Waals surface area contributed by atoms with Crippen molar-refractivity contribution in [1.29, 1.82) is 0 Å². The summed E-state index contributed by atoms with van der Waals surface area (Å²) in [5, 5.41) is 1.20. The average Bonchev–Trinajstić information content (AvgIpc) is 2.89. The summed E-state index contributed by atoms with van der Waals surface area (Å²) in [4.78, 5) is 0. The quantitative estimate of drug-likeness (QED) is 0.677. The first-order valence-electron chi connectivity index (χ1n) is 8.66. The molecular formula is C21H25FN2. The summed E-state index contributed by atoms with van der Waals surface area (Å²) in [6, 6.07) is 15.7. The third-order valence-electron chi connectivity index (χ3n) is 4.64. The molecule has 0 radical (unpaired) electrons. The third kappa shape index (κ3) is 2.96. The van der Waals surface area contributed by atoms with E-state index in [1.54, 1.807) is 0 Å². The Hall–Kier alpha value is -2.13. The van der Waals surface area contributed by atoms with Gasteiger partial charge in [0.15, 0.2) is 0 Å². The van der Waals surface area contributed by atoms with Gasteiger partial charge < -0.3 is 10.3 Å². The number of hydrogen-bond donors (Lipinski definition) is 1. The van der Waals surface area contributed by atoms with Gasteiger partial charge in [-0.1, -0.05) is 37.3 Å². The maximum atomic E-state index is 13.4. The first kappa shape index (κ1) is 16.7. The molecule has 1 aromatic heterocycles. The standard InChI is InChI=1S/C21H25FN2/c1-4-17(23)13-20-21(15-9-11-16(22)12-10-15)18-7-5-6-8-19(18)24(20)14(2)3/h5-12,14,17H,4,13,23H2,1-3H3. The van der Waals surface area contributed by atoms with E-state index in [2.05, 4.69) is 49.6 Å². The van der Waals surface area contributed by atoms with Crippen LogP contribution in [0.5, 0.6) is 0 Å². The highest BCUT2D eigenvalue weighted by molar-refractivity contribution is 5.98. The van der Waals surface area contributed by atoms with E-state index >= 15 is 0 Å². The van der Waals surface area contributed by atoms with Crippen LogP contribution >= 0.6 is 0 Å². The number of aromatic nitrogens is 1. The third-order valence-corrected chi connectivity index (χ3v) is 4.64. The molecule has 2 nitrogen and oxygen atoms in total. The summed E-state index contributed by atoms with van der Waals surface area (Å²) in [5.74, 6) is -0.210. The molecule has 0 saturated heterocycles. The van der Waals surface area contributed by atoms with Crippen molar-refractivity contribution >= 4 is 10.9 Å². The predicted octanol–water partition coefficient (Wildman–Crippen LogP) is 5.31. The van der Waals surface area contributed by atoms with Crippen LogP contribution in [0.2, 0.25) is 0 Å². The molecule has 3 rings (SSSR count). The Balaban J connectivity index is 2.32. The minimum absolute atomic E-state index is 0.117. The van der Waals surface area contributed by atoms with Gasteiger partial charge in [0.05, 0.1) is 0 Å². The minimum Gasteiger partial charge on any atom is -0.341 e. The maximum Gasteiger partial charge on any atom is 0.123 e. The van der Waals surface area contributed by atoms with Crippen molar-refractivity contribution in [3.8, 4) is 11.1 Å². The molecule has 0 saturated carbocycles. The highest BCUT2D eigenvalue weighted by Gasteiger charge is 2.21. The van der Waals surface area contributed by atoms with E-state index in [0.29, 0.717) is 6.04 Å². The fourth-order valence-electron chi connectivity index (χ4n) is 3.44. The Bertz CT molecular complexity index is 831. The minimum atomic E-state index is -0.210. The lowest BCUT2D eigenvalue weighted by molar-refractivity contribution is 0.559. The maximum absolute atomic E-state index is 13.4. The van der Waals surface area contributed by atoms with Crippen LogP contribution in [0.1, 0.15) is 38.9 Å². The van der Waals surface area contributed by atoms with Crippen molar-refractivity contribution in [2.45, 2.75) is 45.7 Å². The van der Waals surface area contributed by atoms with Crippen LogP contribution in [0.15, 0.2) is 48.5 Å². The molecule has 126 valence electrons. The van der Waals surface area contributed by atoms with Gasteiger partial charge in [-0.05, 0) is 44.0 Å². The highest BCUT2D eigenvalue weighted by Crippen LogP contribution is 2.37. The summed E-state index contributed by atoms with van der Waals surface area (Å²) in [6.45, 7) is 6.51. The van der Waals surface area contributed by atoms with Crippen LogP contribution in [0.4, 0.5) is 4.39 Å². The van der Waals surface area contributed by atoms with E-state index in [4.69, 9.17) is 5.73 Å². The second-order valence-corrected chi connectivity index (χ2v) is 6.68.